The molecule has 1 atom stereocenters. The Balaban J connectivity index is 2.06. The van der Waals surface area contributed by atoms with Gasteiger partial charge in [0.1, 0.15) is 11.9 Å². The van der Waals surface area contributed by atoms with Crippen molar-refractivity contribution in [3.63, 3.8) is 0 Å². The molecule has 0 saturated heterocycles. The third-order valence-corrected chi connectivity index (χ3v) is 3.30. The van der Waals surface area contributed by atoms with E-state index in [1.54, 1.807) is 0 Å². The van der Waals surface area contributed by atoms with Gasteiger partial charge in [-0.3, -0.25) is 0 Å². The molecular formula is C15H14ClNO. The maximum Gasteiger partial charge on any atom is 0.143 e. The van der Waals surface area contributed by atoms with Crippen molar-refractivity contribution in [1.82, 2.24) is 0 Å². The Bertz CT molecular complexity index is 572. The molecule has 1 heterocycles. The first kappa shape index (κ1) is 11.4. The molecule has 1 aliphatic carbocycles. The van der Waals surface area contributed by atoms with Crippen LogP contribution in [-0.2, 0) is 0 Å². The van der Waals surface area contributed by atoms with Gasteiger partial charge in [-0.25, -0.2) is 0 Å². The Hall–Kier alpha value is -1.67. The molecule has 2 aliphatic rings. The number of benzene rings is 1. The Morgan fingerprint density at radius 2 is 2.28 bits per heavy atom. The summed E-state index contributed by atoms with van der Waals surface area (Å²) in [5.41, 5.74) is 3.35. The number of fused-ring (bicyclic) bond motifs is 3. The highest BCUT2D eigenvalue weighted by Crippen LogP contribution is 2.41. The lowest BCUT2D eigenvalue weighted by Gasteiger charge is -2.05. The highest BCUT2D eigenvalue weighted by atomic mass is 35.5. The summed E-state index contributed by atoms with van der Waals surface area (Å²) in [6, 6.07) is 6.16. The third kappa shape index (κ3) is 1.93. The van der Waals surface area contributed by atoms with E-state index in [4.69, 9.17) is 16.3 Å². The lowest BCUT2D eigenvalue weighted by atomic mass is 10.0. The average molecular weight is 260 g/mol. The molecule has 0 amide bonds. The van der Waals surface area contributed by atoms with Crippen molar-refractivity contribution in [2.45, 2.75) is 13.0 Å². The van der Waals surface area contributed by atoms with Crippen LogP contribution in [0.4, 0.5) is 5.69 Å². The number of halogens is 1. The van der Waals surface area contributed by atoms with Crippen molar-refractivity contribution in [1.29, 1.82) is 0 Å². The molecule has 2 nitrogen and oxygen atoms in total. The fourth-order valence-electron chi connectivity index (χ4n) is 2.27. The zero-order chi connectivity index (χ0) is 12.5. The zero-order valence-corrected chi connectivity index (χ0v) is 10.9. The summed E-state index contributed by atoms with van der Waals surface area (Å²) in [6.07, 6.45) is 7.80. The molecule has 3 heteroatoms. The van der Waals surface area contributed by atoms with E-state index in [1.165, 1.54) is 0 Å². The normalized spacial score (nSPS) is 20.2. The molecule has 92 valence electrons. The second-order valence-corrected chi connectivity index (χ2v) is 4.75. The number of rotatable bonds is 2. The minimum atomic E-state index is -0.0237. The van der Waals surface area contributed by atoms with Gasteiger partial charge in [0.05, 0.1) is 0 Å². The van der Waals surface area contributed by atoms with E-state index in [0.717, 1.165) is 34.2 Å². The van der Waals surface area contributed by atoms with Gasteiger partial charge >= 0.3 is 0 Å². The summed E-state index contributed by atoms with van der Waals surface area (Å²) in [5.74, 6) is 0.920. The van der Waals surface area contributed by atoms with E-state index >= 15 is 0 Å². The third-order valence-electron chi connectivity index (χ3n) is 3.07. The van der Waals surface area contributed by atoms with Crippen LogP contribution in [0.3, 0.4) is 0 Å². The molecule has 0 spiro atoms. The first-order chi connectivity index (χ1) is 8.78. The highest BCUT2D eigenvalue weighted by Gasteiger charge is 2.27. The van der Waals surface area contributed by atoms with Gasteiger partial charge in [-0.2, -0.15) is 0 Å². The zero-order valence-electron chi connectivity index (χ0n) is 10.1. The lowest BCUT2D eigenvalue weighted by Crippen LogP contribution is -2.07. The fourth-order valence-corrected chi connectivity index (χ4v) is 2.46. The van der Waals surface area contributed by atoms with Crippen LogP contribution >= 0.6 is 11.6 Å². The number of anilines is 1. The van der Waals surface area contributed by atoms with Crippen LogP contribution in [-0.4, -0.2) is 12.6 Å². The van der Waals surface area contributed by atoms with Gasteiger partial charge in [0.15, 0.2) is 0 Å². The molecule has 1 aromatic rings. The number of nitrogens with one attached hydrogen (secondary N) is 1. The molecule has 0 aromatic heterocycles. The number of hydrogen-bond donors (Lipinski definition) is 1. The minimum absolute atomic E-state index is 0.0237. The molecule has 0 bridgehead atoms. The molecule has 1 unspecified atom stereocenters. The monoisotopic (exact) mass is 259 g/mol. The van der Waals surface area contributed by atoms with Gasteiger partial charge in [-0.15, -0.1) is 0 Å². The quantitative estimate of drug-likeness (QED) is 0.868. The molecule has 1 aromatic carbocycles. The minimum Gasteiger partial charge on any atom is -0.481 e. The van der Waals surface area contributed by atoms with Gasteiger partial charge in [-0.1, -0.05) is 17.7 Å². The smallest absolute Gasteiger partial charge is 0.143 e. The first-order valence-electron chi connectivity index (χ1n) is 6.08. The molecule has 18 heavy (non-hydrogen) atoms. The molecule has 0 radical (unpaired) electrons. The number of allylic oxidation sites excluding steroid dienone is 4. The van der Waals surface area contributed by atoms with E-state index in [-0.39, 0.29) is 6.10 Å². The number of ether oxygens (including phenoxy) is 1. The molecule has 0 saturated carbocycles. The van der Waals surface area contributed by atoms with Crippen molar-refractivity contribution >= 4 is 22.9 Å². The van der Waals surface area contributed by atoms with Crippen molar-refractivity contribution < 1.29 is 4.74 Å². The standard InChI is InChI=1S/C15H14ClNO/c1-2-17-11-6-7-15-13(9-11)12-8-10(16)4-3-5-14(12)18-15/h3-9,14,17H,2H2,1H3. The summed E-state index contributed by atoms with van der Waals surface area (Å²) in [4.78, 5) is 0. The van der Waals surface area contributed by atoms with Gasteiger partial charge in [0, 0.05) is 28.4 Å². The van der Waals surface area contributed by atoms with Gasteiger partial charge in [0.25, 0.3) is 0 Å². The average Bonchev–Trinajstić information content (AvgIpc) is 2.57. The van der Waals surface area contributed by atoms with Crippen LogP contribution in [0.5, 0.6) is 5.75 Å². The molecule has 0 fully saturated rings. The van der Waals surface area contributed by atoms with Gasteiger partial charge in [-0.05, 0) is 43.4 Å². The molecule has 1 N–H and O–H groups in total. The maximum atomic E-state index is 6.12. The predicted octanol–water partition coefficient (Wildman–Crippen LogP) is 3.96. The molecule has 1 aliphatic heterocycles. The fraction of sp³-hybridized carbons (Fsp3) is 0.200. The SMILES string of the molecule is CCNc1ccc2c(c1)C1=CC(Cl)=CC=CC1O2. The second kappa shape index (κ2) is 4.54. The van der Waals surface area contributed by atoms with E-state index in [2.05, 4.69) is 18.3 Å². The summed E-state index contributed by atoms with van der Waals surface area (Å²) < 4.78 is 5.90. The van der Waals surface area contributed by atoms with Crippen molar-refractivity contribution in [2.24, 2.45) is 0 Å². The Labute approximate surface area is 112 Å². The highest BCUT2D eigenvalue weighted by molar-refractivity contribution is 6.32. The van der Waals surface area contributed by atoms with E-state index < -0.39 is 0 Å². The van der Waals surface area contributed by atoms with E-state index in [0.29, 0.717) is 0 Å². The predicted molar refractivity (Wildman–Crippen MR) is 76.1 cm³/mol. The molecular weight excluding hydrogens is 246 g/mol. The maximum absolute atomic E-state index is 6.12. The van der Waals surface area contributed by atoms with Crippen LogP contribution < -0.4 is 10.1 Å². The van der Waals surface area contributed by atoms with E-state index in [9.17, 15) is 0 Å². The van der Waals surface area contributed by atoms with E-state index in [1.807, 2.05) is 36.4 Å². The first-order valence-corrected chi connectivity index (χ1v) is 6.46. The summed E-state index contributed by atoms with van der Waals surface area (Å²) >= 11 is 6.12. The molecule has 3 rings (SSSR count). The van der Waals surface area contributed by atoms with Crippen molar-refractivity contribution in [2.75, 3.05) is 11.9 Å². The van der Waals surface area contributed by atoms with Crippen LogP contribution in [0.15, 0.2) is 47.5 Å². The second-order valence-electron chi connectivity index (χ2n) is 4.32. The Morgan fingerprint density at radius 1 is 1.39 bits per heavy atom. The lowest BCUT2D eigenvalue weighted by molar-refractivity contribution is 0.323. The largest absolute Gasteiger partial charge is 0.481 e. The van der Waals surface area contributed by atoms with Crippen LogP contribution in [0, 0.1) is 0 Å². The van der Waals surface area contributed by atoms with Crippen LogP contribution in [0.2, 0.25) is 0 Å². The number of hydrogen-bond acceptors (Lipinski definition) is 2. The Morgan fingerprint density at radius 3 is 3.11 bits per heavy atom. The summed E-state index contributed by atoms with van der Waals surface area (Å²) in [6.45, 7) is 2.99. The van der Waals surface area contributed by atoms with Crippen molar-refractivity contribution in [3.8, 4) is 5.75 Å². The van der Waals surface area contributed by atoms with Crippen LogP contribution in [0.1, 0.15) is 12.5 Å². The topological polar surface area (TPSA) is 21.3 Å². The summed E-state index contributed by atoms with van der Waals surface area (Å²) in [5, 5.41) is 4.04. The van der Waals surface area contributed by atoms with Crippen LogP contribution in [0.25, 0.3) is 5.57 Å². The van der Waals surface area contributed by atoms with Gasteiger partial charge in [0.2, 0.25) is 0 Å². The van der Waals surface area contributed by atoms with Gasteiger partial charge < -0.3 is 10.1 Å². The summed E-state index contributed by atoms with van der Waals surface area (Å²) in [7, 11) is 0. The Kier molecular flexibility index (Phi) is 2.88. The van der Waals surface area contributed by atoms with Crippen molar-refractivity contribution in [3.05, 3.63) is 53.1 Å².